The van der Waals surface area contributed by atoms with Crippen molar-refractivity contribution in [3.8, 4) is 0 Å². The number of amides is 1. The van der Waals surface area contributed by atoms with Crippen LogP contribution in [0.4, 0.5) is 0 Å². The van der Waals surface area contributed by atoms with E-state index in [-0.39, 0.29) is 5.91 Å². The van der Waals surface area contributed by atoms with Gasteiger partial charge in [0.1, 0.15) is 11.4 Å². The number of aliphatic imine (C=N–C) groups is 1. The van der Waals surface area contributed by atoms with Crippen LogP contribution in [0.15, 0.2) is 17.4 Å². The number of rotatable bonds is 4. The Kier molecular flexibility index (Phi) is 3.75. The number of aryl methyl sites for hydroxylation is 1. The summed E-state index contributed by atoms with van der Waals surface area (Å²) in [5.74, 6) is 2.23. The van der Waals surface area contributed by atoms with Crippen molar-refractivity contribution >= 4 is 11.7 Å². The minimum absolute atomic E-state index is 0.262. The molecule has 0 bridgehead atoms. The molecule has 1 aromatic rings. The number of likely N-dealkylation sites (tertiary alicyclic amines) is 1. The van der Waals surface area contributed by atoms with Gasteiger partial charge in [-0.15, -0.1) is 0 Å². The number of nitrogens with zero attached hydrogens (tertiary/aromatic N) is 5. The molecule has 3 aliphatic rings. The van der Waals surface area contributed by atoms with Crippen LogP contribution in [0.5, 0.6) is 0 Å². The molecule has 4 rings (SSSR count). The molecule has 6 heteroatoms. The third-order valence-corrected chi connectivity index (χ3v) is 6.08. The summed E-state index contributed by atoms with van der Waals surface area (Å²) in [7, 11) is 1.95. The molecule has 0 unspecified atom stereocenters. The van der Waals surface area contributed by atoms with Gasteiger partial charge >= 0.3 is 0 Å². The number of hydrogen-bond donors (Lipinski definition) is 0. The molecule has 1 spiro atoms. The van der Waals surface area contributed by atoms with Gasteiger partial charge in [0.15, 0.2) is 0 Å². The summed E-state index contributed by atoms with van der Waals surface area (Å²) in [6.45, 7) is 7.87. The standard InChI is InChI=1S/C18H27N5O/c1-4-16-20-18(17(24)23(16)5-2)7-6-14-11-22(12-15(14)18)10-13-8-19-21(3)9-13/h8-9,14-15H,4-7,10-12H2,1-3H3/t14-,15+,18-/m1/s1. The maximum atomic E-state index is 13.1. The molecule has 1 aromatic heterocycles. The van der Waals surface area contributed by atoms with E-state index in [0.717, 1.165) is 51.3 Å². The number of likely N-dealkylation sites (N-methyl/N-ethyl adjacent to an activating group) is 1. The van der Waals surface area contributed by atoms with Crippen molar-refractivity contribution in [2.24, 2.45) is 23.9 Å². The van der Waals surface area contributed by atoms with Gasteiger partial charge in [0, 0.05) is 57.3 Å². The number of hydrogen-bond acceptors (Lipinski definition) is 4. The molecule has 2 fully saturated rings. The molecular weight excluding hydrogens is 302 g/mol. The second-order valence-electron chi connectivity index (χ2n) is 7.48. The Balaban J connectivity index is 1.54. The highest BCUT2D eigenvalue weighted by Crippen LogP contribution is 2.50. The second-order valence-corrected chi connectivity index (χ2v) is 7.48. The summed E-state index contributed by atoms with van der Waals surface area (Å²) in [6.07, 6.45) is 6.92. The molecule has 3 atom stereocenters. The van der Waals surface area contributed by atoms with Gasteiger partial charge < -0.3 is 0 Å². The molecule has 1 saturated carbocycles. The minimum Gasteiger partial charge on any atom is -0.299 e. The van der Waals surface area contributed by atoms with E-state index in [1.54, 1.807) is 0 Å². The van der Waals surface area contributed by atoms with E-state index in [9.17, 15) is 4.79 Å². The van der Waals surface area contributed by atoms with Gasteiger partial charge in [0.2, 0.25) is 0 Å². The molecule has 0 radical (unpaired) electrons. The van der Waals surface area contributed by atoms with Crippen molar-refractivity contribution in [3.05, 3.63) is 18.0 Å². The Morgan fingerprint density at radius 2 is 2.17 bits per heavy atom. The first-order valence-corrected chi connectivity index (χ1v) is 9.18. The fourth-order valence-electron chi connectivity index (χ4n) is 5.02. The van der Waals surface area contributed by atoms with Crippen LogP contribution in [0.2, 0.25) is 0 Å². The first-order valence-electron chi connectivity index (χ1n) is 9.18. The zero-order valence-electron chi connectivity index (χ0n) is 14.9. The first kappa shape index (κ1) is 15.8. The molecule has 1 saturated heterocycles. The van der Waals surface area contributed by atoms with Crippen molar-refractivity contribution in [3.63, 3.8) is 0 Å². The van der Waals surface area contributed by atoms with Crippen LogP contribution in [0, 0.1) is 11.8 Å². The lowest BCUT2D eigenvalue weighted by Crippen LogP contribution is -2.46. The maximum absolute atomic E-state index is 13.1. The summed E-state index contributed by atoms with van der Waals surface area (Å²) in [4.78, 5) is 22.5. The molecule has 1 amide bonds. The van der Waals surface area contributed by atoms with Crippen LogP contribution < -0.4 is 0 Å². The quantitative estimate of drug-likeness (QED) is 0.844. The SMILES string of the molecule is CCC1=N[C@@]2(CC[C@@H]3CN(Cc4cnn(C)c4)C[C@@H]32)C(=O)N1CC. The summed E-state index contributed by atoms with van der Waals surface area (Å²) in [5, 5.41) is 4.26. The van der Waals surface area contributed by atoms with Gasteiger partial charge in [0.05, 0.1) is 6.20 Å². The molecule has 3 heterocycles. The zero-order valence-corrected chi connectivity index (χ0v) is 14.9. The molecule has 2 aliphatic heterocycles. The van der Waals surface area contributed by atoms with E-state index < -0.39 is 5.54 Å². The van der Waals surface area contributed by atoms with Gasteiger partial charge in [-0.05, 0) is 25.7 Å². The van der Waals surface area contributed by atoms with Gasteiger partial charge in [-0.1, -0.05) is 6.92 Å². The number of carbonyl (C=O) groups is 1. The largest absolute Gasteiger partial charge is 0.299 e. The van der Waals surface area contributed by atoms with Crippen molar-refractivity contribution < 1.29 is 4.79 Å². The molecule has 6 nitrogen and oxygen atoms in total. The van der Waals surface area contributed by atoms with Gasteiger partial charge in [-0.25, -0.2) is 0 Å². The van der Waals surface area contributed by atoms with E-state index in [1.807, 2.05) is 22.8 Å². The average Bonchev–Trinajstić information content (AvgIpc) is 3.28. The van der Waals surface area contributed by atoms with E-state index in [0.29, 0.717) is 11.8 Å². The molecule has 24 heavy (non-hydrogen) atoms. The Hall–Kier alpha value is -1.69. The van der Waals surface area contributed by atoms with Gasteiger partial charge in [0.25, 0.3) is 5.91 Å². The summed E-state index contributed by atoms with van der Waals surface area (Å²) in [5.41, 5.74) is 0.785. The van der Waals surface area contributed by atoms with Crippen molar-refractivity contribution in [2.45, 2.75) is 45.2 Å². The van der Waals surface area contributed by atoms with Crippen LogP contribution in [0.3, 0.4) is 0 Å². The molecule has 130 valence electrons. The van der Waals surface area contributed by atoms with Gasteiger partial charge in [-0.2, -0.15) is 5.10 Å². The fourth-order valence-corrected chi connectivity index (χ4v) is 5.02. The smallest absolute Gasteiger partial charge is 0.256 e. The van der Waals surface area contributed by atoms with Crippen LogP contribution in [0.1, 0.15) is 38.7 Å². The summed E-state index contributed by atoms with van der Waals surface area (Å²) >= 11 is 0. The number of fused-ring (bicyclic) bond motifs is 2. The van der Waals surface area contributed by atoms with E-state index >= 15 is 0 Å². The molecule has 0 N–H and O–H groups in total. The lowest BCUT2D eigenvalue weighted by molar-refractivity contribution is -0.132. The normalized spacial score (nSPS) is 32.9. The molecule has 1 aliphatic carbocycles. The average molecular weight is 329 g/mol. The Labute approximate surface area is 143 Å². The molecule has 0 aromatic carbocycles. The minimum atomic E-state index is -0.463. The van der Waals surface area contributed by atoms with E-state index in [4.69, 9.17) is 4.99 Å². The second kappa shape index (κ2) is 5.69. The first-order chi connectivity index (χ1) is 11.6. The lowest BCUT2D eigenvalue weighted by Gasteiger charge is -2.27. The third kappa shape index (κ3) is 2.23. The highest BCUT2D eigenvalue weighted by Gasteiger charge is 2.60. The summed E-state index contributed by atoms with van der Waals surface area (Å²) in [6, 6.07) is 0. The zero-order chi connectivity index (χ0) is 16.9. The van der Waals surface area contributed by atoms with Crippen LogP contribution in [-0.2, 0) is 18.4 Å². The fraction of sp³-hybridized carbons (Fsp3) is 0.722. The van der Waals surface area contributed by atoms with Crippen molar-refractivity contribution in [2.75, 3.05) is 19.6 Å². The van der Waals surface area contributed by atoms with Gasteiger partial charge in [-0.3, -0.25) is 24.3 Å². The number of amidine groups is 1. The Morgan fingerprint density at radius 3 is 2.79 bits per heavy atom. The highest BCUT2D eigenvalue weighted by molar-refractivity contribution is 6.08. The predicted molar refractivity (Wildman–Crippen MR) is 92.5 cm³/mol. The van der Waals surface area contributed by atoms with Crippen molar-refractivity contribution in [1.29, 1.82) is 0 Å². The third-order valence-electron chi connectivity index (χ3n) is 6.08. The summed E-state index contributed by atoms with van der Waals surface area (Å²) < 4.78 is 1.85. The Morgan fingerprint density at radius 1 is 1.33 bits per heavy atom. The number of carbonyl (C=O) groups excluding carboxylic acids is 1. The Bertz CT molecular complexity index is 681. The maximum Gasteiger partial charge on any atom is 0.256 e. The highest BCUT2D eigenvalue weighted by atomic mass is 16.2. The monoisotopic (exact) mass is 329 g/mol. The van der Waals surface area contributed by atoms with Crippen LogP contribution in [-0.4, -0.2) is 56.5 Å². The van der Waals surface area contributed by atoms with Crippen LogP contribution >= 0.6 is 0 Å². The van der Waals surface area contributed by atoms with Crippen molar-refractivity contribution in [1.82, 2.24) is 19.6 Å². The number of aromatic nitrogens is 2. The molecular formula is C18H27N5O. The van der Waals surface area contributed by atoms with Crippen LogP contribution in [0.25, 0.3) is 0 Å². The topological polar surface area (TPSA) is 53.7 Å². The predicted octanol–water partition coefficient (Wildman–Crippen LogP) is 1.67. The van der Waals surface area contributed by atoms with E-state index in [2.05, 4.69) is 30.0 Å². The lowest BCUT2D eigenvalue weighted by atomic mass is 9.85. The van der Waals surface area contributed by atoms with E-state index in [1.165, 1.54) is 5.56 Å².